The van der Waals surface area contributed by atoms with Crippen LogP contribution in [0.5, 0.6) is 0 Å². The van der Waals surface area contributed by atoms with E-state index in [2.05, 4.69) is 5.32 Å². The first-order chi connectivity index (χ1) is 9.25. The van der Waals surface area contributed by atoms with Gasteiger partial charge in [-0.2, -0.15) is 0 Å². The normalized spacial score (nSPS) is 10.5. The van der Waals surface area contributed by atoms with Crippen LogP contribution >= 0.6 is 0 Å². The predicted octanol–water partition coefficient (Wildman–Crippen LogP) is 3.92. The van der Waals surface area contributed by atoms with Crippen molar-refractivity contribution in [1.29, 1.82) is 0 Å². The Hall–Kier alpha value is -2.55. The highest BCUT2D eigenvalue weighted by molar-refractivity contribution is 5.74. The van der Waals surface area contributed by atoms with E-state index in [1.807, 2.05) is 60.7 Å². The van der Waals surface area contributed by atoms with E-state index in [4.69, 9.17) is 5.11 Å². The lowest BCUT2D eigenvalue weighted by atomic mass is 10.1. The zero-order chi connectivity index (χ0) is 13.5. The predicted molar refractivity (Wildman–Crippen MR) is 77.5 cm³/mol. The van der Waals surface area contributed by atoms with Crippen molar-refractivity contribution in [3.8, 4) is 0 Å². The highest BCUT2D eigenvalue weighted by atomic mass is 16.4. The fraction of sp³-hybridized carbons (Fsp3) is 0.0625. The first kappa shape index (κ1) is 12.9. The van der Waals surface area contributed by atoms with Gasteiger partial charge >= 0.3 is 5.97 Å². The molecule has 2 rings (SSSR count). The molecule has 0 unspecified atom stereocenters. The Bertz CT molecular complexity index is 576. The minimum absolute atomic E-state index is 0.0275. The summed E-state index contributed by atoms with van der Waals surface area (Å²) in [4.78, 5) is 10.5. The molecule has 0 aliphatic rings. The van der Waals surface area contributed by atoms with Gasteiger partial charge in [-0.15, -0.1) is 0 Å². The van der Waals surface area contributed by atoms with E-state index in [0.717, 1.165) is 16.9 Å². The van der Waals surface area contributed by atoms with Gasteiger partial charge in [0.25, 0.3) is 0 Å². The molecule has 0 aliphatic heterocycles. The maximum atomic E-state index is 10.5. The summed E-state index contributed by atoms with van der Waals surface area (Å²) in [6, 6.07) is 17.6. The lowest BCUT2D eigenvalue weighted by Crippen LogP contribution is -1.93. The van der Waals surface area contributed by atoms with Crippen LogP contribution in [0.3, 0.4) is 0 Å². The van der Waals surface area contributed by atoms with E-state index in [1.54, 1.807) is 6.08 Å². The summed E-state index contributed by atoms with van der Waals surface area (Å²) < 4.78 is 0. The molecular weight excluding hydrogens is 238 g/mol. The fourth-order valence-electron chi connectivity index (χ4n) is 1.72. The summed E-state index contributed by atoms with van der Waals surface area (Å²) in [5.74, 6) is -0.829. The summed E-state index contributed by atoms with van der Waals surface area (Å²) in [5.41, 5.74) is 2.92. The first-order valence-corrected chi connectivity index (χ1v) is 6.05. The number of carbonyl (C=O) groups is 1. The number of hydrogen-bond donors (Lipinski definition) is 2. The SMILES string of the molecule is O=C(O)CC=Cc1ccccc1Nc1ccccc1. The van der Waals surface area contributed by atoms with Crippen LogP contribution in [-0.4, -0.2) is 11.1 Å². The number of nitrogens with one attached hydrogen (secondary N) is 1. The Morgan fingerprint density at radius 1 is 1.05 bits per heavy atom. The molecular formula is C16H15NO2. The van der Waals surface area contributed by atoms with Crippen LogP contribution in [0, 0.1) is 0 Å². The number of carboxylic acids is 1. The van der Waals surface area contributed by atoms with Crippen molar-refractivity contribution in [2.75, 3.05) is 5.32 Å². The maximum absolute atomic E-state index is 10.5. The second-order valence-corrected chi connectivity index (χ2v) is 4.08. The Kier molecular flexibility index (Phi) is 4.34. The molecule has 3 heteroatoms. The van der Waals surface area contributed by atoms with Crippen LogP contribution in [0.25, 0.3) is 6.08 Å². The van der Waals surface area contributed by atoms with Crippen molar-refractivity contribution in [1.82, 2.24) is 0 Å². The molecule has 0 aliphatic carbocycles. The summed E-state index contributed by atoms with van der Waals surface area (Å²) in [7, 11) is 0. The van der Waals surface area contributed by atoms with E-state index in [1.165, 1.54) is 0 Å². The summed E-state index contributed by atoms with van der Waals surface area (Å²) in [6.07, 6.45) is 3.49. The standard InChI is InChI=1S/C16H15NO2/c18-16(19)12-6-8-13-7-4-5-11-15(13)17-14-9-2-1-3-10-14/h1-11,17H,12H2,(H,18,19). The Morgan fingerprint density at radius 2 is 1.74 bits per heavy atom. The van der Waals surface area contributed by atoms with Gasteiger partial charge in [0, 0.05) is 11.4 Å². The zero-order valence-corrected chi connectivity index (χ0v) is 10.4. The first-order valence-electron chi connectivity index (χ1n) is 6.05. The Balaban J connectivity index is 2.17. The lowest BCUT2D eigenvalue weighted by molar-refractivity contribution is -0.135. The van der Waals surface area contributed by atoms with Crippen molar-refractivity contribution in [2.24, 2.45) is 0 Å². The smallest absolute Gasteiger partial charge is 0.307 e. The van der Waals surface area contributed by atoms with E-state index >= 15 is 0 Å². The molecule has 0 radical (unpaired) electrons. The number of anilines is 2. The molecule has 3 nitrogen and oxygen atoms in total. The molecule has 2 N–H and O–H groups in total. The summed E-state index contributed by atoms with van der Waals surface area (Å²) >= 11 is 0. The third kappa shape index (κ3) is 4.00. The molecule has 19 heavy (non-hydrogen) atoms. The average molecular weight is 253 g/mol. The number of aliphatic carboxylic acids is 1. The van der Waals surface area contributed by atoms with Crippen LogP contribution in [0.15, 0.2) is 60.7 Å². The molecule has 0 heterocycles. The van der Waals surface area contributed by atoms with Crippen LogP contribution in [-0.2, 0) is 4.79 Å². The van der Waals surface area contributed by atoms with Crippen molar-refractivity contribution in [3.05, 3.63) is 66.2 Å². The third-order valence-corrected chi connectivity index (χ3v) is 2.60. The van der Waals surface area contributed by atoms with Gasteiger partial charge in [-0.05, 0) is 23.8 Å². The zero-order valence-electron chi connectivity index (χ0n) is 10.4. The van der Waals surface area contributed by atoms with Crippen molar-refractivity contribution >= 4 is 23.4 Å². The highest BCUT2D eigenvalue weighted by Gasteiger charge is 1.99. The van der Waals surface area contributed by atoms with Gasteiger partial charge in [-0.1, -0.05) is 48.6 Å². The largest absolute Gasteiger partial charge is 0.481 e. The monoisotopic (exact) mass is 253 g/mol. The summed E-state index contributed by atoms with van der Waals surface area (Å²) in [5, 5.41) is 11.9. The molecule has 0 atom stereocenters. The van der Waals surface area contributed by atoms with E-state index in [0.29, 0.717) is 0 Å². The van der Waals surface area contributed by atoms with Gasteiger partial charge in [-0.25, -0.2) is 0 Å². The van der Waals surface area contributed by atoms with Crippen LogP contribution in [0.2, 0.25) is 0 Å². The van der Waals surface area contributed by atoms with Crippen molar-refractivity contribution in [2.45, 2.75) is 6.42 Å². The van der Waals surface area contributed by atoms with E-state index in [9.17, 15) is 4.79 Å². The summed E-state index contributed by atoms with van der Waals surface area (Å²) in [6.45, 7) is 0. The van der Waals surface area contributed by atoms with Gasteiger partial charge in [0.15, 0.2) is 0 Å². The van der Waals surface area contributed by atoms with Crippen LogP contribution in [0.4, 0.5) is 11.4 Å². The van der Waals surface area contributed by atoms with Gasteiger partial charge in [0.2, 0.25) is 0 Å². The number of para-hydroxylation sites is 2. The molecule has 0 bridgehead atoms. The topological polar surface area (TPSA) is 49.3 Å². The minimum atomic E-state index is -0.829. The quantitative estimate of drug-likeness (QED) is 0.849. The molecule has 2 aromatic rings. The Morgan fingerprint density at radius 3 is 2.47 bits per heavy atom. The number of carboxylic acid groups (broad SMARTS) is 1. The average Bonchev–Trinajstić information content (AvgIpc) is 2.41. The van der Waals surface area contributed by atoms with Crippen molar-refractivity contribution < 1.29 is 9.90 Å². The number of benzene rings is 2. The van der Waals surface area contributed by atoms with E-state index in [-0.39, 0.29) is 6.42 Å². The second kappa shape index (κ2) is 6.40. The van der Waals surface area contributed by atoms with Gasteiger partial charge < -0.3 is 10.4 Å². The van der Waals surface area contributed by atoms with Gasteiger partial charge in [-0.3, -0.25) is 4.79 Å². The number of rotatable bonds is 5. The minimum Gasteiger partial charge on any atom is -0.481 e. The molecule has 0 aromatic heterocycles. The second-order valence-electron chi connectivity index (χ2n) is 4.08. The molecule has 0 spiro atoms. The van der Waals surface area contributed by atoms with Gasteiger partial charge in [0.1, 0.15) is 0 Å². The number of hydrogen-bond acceptors (Lipinski definition) is 2. The van der Waals surface area contributed by atoms with E-state index < -0.39 is 5.97 Å². The third-order valence-electron chi connectivity index (χ3n) is 2.60. The lowest BCUT2D eigenvalue weighted by Gasteiger charge is -2.09. The van der Waals surface area contributed by atoms with Crippen LogP contribution < -0.4 is 5.32 Å². The van der Waals surface area contributed by atoms with Crippen LogP contribution in [0.1, 0.15) is 12.0 Å². The molecule has 0 saturated heterocycles. The fourth-order valence-corrected chi connectivity index (χ4v) is 1.72. The molecule has 0 saturated carbocycles. The molecule has 2 aromatic carbocycles. The molecule has 0 amide bonds. The molecule has 96 valence electrons. The molecule has 0 fully saturated rings. The highest BCUT2D eigenvalue weighted by Crippen LogP contribution is 2.21. The Labute approximate surface area is 112 Å². The maximum Gasteiger partial charge on any atom is 0.307 e. The van der Waals surface area contributed by atoms with Crippen molar-refractivity contribution in [3.63, 3.8) is 0 Å². The van der Waals surface area contributed by atoms with Gasteiger partial charge in [0.05, 0.1) is 6.42 Å².